The third kappa shape index (κ3) is 2.24. The molecule has 0 fully saturated rings. The fourth-order valence-corrected chi connectivity index (χ4v) is 1.56. The second-order valence-electron chi connectivity index (χ2n) is 4.30. The summed E-state index contributed by atoms with van der Waals surface area (Å²) in [5, 5.41) is 3.90. The van der Waals surface area contributed by atoms with Crippen LogP contribution in [-0.4, -0.2) is 10.1 Å². The molecule has 0 spiro atoms. The maximum Gasteiger partial charge on any atom is 0.244 e. The first-order valence-electron chi connectivity index (χ1n) is 5.77. The minimum Gasteiger partial charge on any atom is -0.461 e. The molecule has 1 unspecified atom stereocenters. The molecule has 0 saturated carbocycles. The van der Waals surface area contributed by atoms with Crippen LogP contribution in [0.5, 0.6) is 0 Å². The van der Waals surface area contributed by atoms with Gasteiger partial charge >= 0.3 is 0 Å². The van der Waals surface area contributed by atoms with Crippen LogP contribution in [0.1, 0.15) is 37.8 Å². The Bertz CT molecular complexity index is 489. The van der Waals surface area contributed by atoms with E-state index in [2.05, 4.69) is 24.0 Å². The molecule has 0 aliphatic rings. The minimum atomic E-state index is -0.225. The second kappa shape index (κ2) is 4.71. The second-order valence-corrected chi connectivity index (χ2v) is 4.30. The van der Waals surface area contributed by atoms with Crippen LogP contribution in [0.15, 0.2) is 21.3 Å². The van der Waals surface area contributed by atoms with Gasteiger partial charge in [-0.15, -0.1) is 0 Å². The normalized spacial score (nSPS) is 14.8. The first kappa shape index (κ1) is 11.9. The van der Waals surface area contributed by atoms with Gasteiger partial charge in [0.1, 0.15) is 0 Å². The highest BCUT2D eigenvalue weighted by Gasteiger charge is 2.21. The summed E-state index contributed by atoms with van der Waals surface area (Å²) in [4.78, 5) is 4.29. The van der Waals surface area contributed by atoms with E-state index in [1.54, 1.807) is 6.26 Å². The van der Waals surface area contributed by atoms with Crippen LogP contribution >= 0.6 is 0 Å². The Kier molecular flexibility index (Phi) is 3.28. The SMILES string of the molecule is CCC(C)[C@H](N)c1nc(-c2occc2C)no1. The number of furan rings is 1. The largest absolute Gasteiger partial charge is 0.461 e. The Morgan fingerprint density at radius 1 is 1.47 bits per heavy atom. The lowest BCUT2D eigenvalue weighted by molar-refractivity contribution is 0.312. The minimum absolute atomic E-state index is 0.225. The fourth-order valence-electron chi connectivity index (χ4n) is 1.56. The van der Waals surface area contributed by atoms with Gasteiger partial charge in [0.15, 0.2) is 5.76 Å². The lowest BCUT2D eigenvalue weighted by atomic mass is 10.0. The highest BCUT2D eigenvalue weighted by Crippen LogP contribution is 2.25. The number of nitrogens with two attached hydrogens (primary N) is 1. The average Bonchev–Trinajstić information content (AvgIpc) is 2.95. The van der Waals surface area contributed by atoms with Crippen LogP contribution < -0.4 is 5.73 Å². The van der Waals surface area contributed by atoms with Gasteiger partial charge in [-0.25, -0.2) is 0 Å². The van der Waals surface area contributed by atoms with Crippen LogP contribution in [-0.2, 0) is 0 Å². The highest BCUT2D eigenvalue weighted by atomic mass is 16.5. The molecule has 5 nitrogen and oxygen atoms in total. The topological polar surface area (TPSA) is 78.1 Å². The predicted octanol–water partition coefficient (Wildman–Crippen LogP) is 2.68. The molecule has 2 N–H and O–H groups in total. The number of aromatic nitrogens is 2. The van der Waals surface area contributed by atoms with Crippen LogP contribution in [0.2, 0.25) is 0 Å². The van der Waals surface area contributed by atoms with Gasteiger partial charge in [-0.1, -0.05) is 25.4 Å². The third-order valence-electron chi connectivity index (χ3n) is 3.05. The summed E-state index contributed by atoms with van der Waals surface area (Å²) in [6.45, 7) is 6.08. The smallest absolute Gasteiger partial charge is 0.244 e. The number of nitrogens with zero attached hydrogens (tertiary/aromatic N) is 2. The quantitative estimate of drug-likeness (QED) is 0.881. The van der Waals surface area contributed by atoms with E-state index >= 15 is 0 Å². The van der Waals surface area contributed by atoms with E-state index in [9.17, 15) is 0 Å². The van der Waals surface area contributed by atoms with E-state index in [0.717, 1.165) is 12.0 Å². The molecule has 0 aliphatic carbocycles. The van der Waals surface area contributed by atoms with Gasteiger partial charge in [-0.2, -0.15) is 4.98 Å². The molecule has 5 heteroatoms. The molecular weight excluding hydrogens is 218 g/mol. The molecular formula is C12H17N3O2. The van der Waals surface area contributed by atoms with Crippen molar-refractivity contribution in [2.24, 2.45) is 11.7 Å². The number of hydrogen-bond donors (Lipinski definition) is 1. The van der Waals surface area contributed by atoms with Crippen LogP contribution in [0, 0.1) is 12.8 Å². The average molecular weight is 235 g/mol. The summed E-state index contributed by atoms with van der Waals surface area (Å²) in [7, 11) is 0. The summed E-state index contributed by atoms with van der Waals surface area (Å²) < 4.78 is 10.5. The van der Waals surface area contributed by atoms with E-state index in [0.29, 0.717) is 23.4 Å². The van der Waals surface area contributed by atoms with Crippen molar-refractivity contribution in [1.29, 1.82) is 0 Å². The van der Waals surface area contributed by atoms with Gasteiger partial charge < -0.3 is 14.7 Å². The van der Waals surface area contributed by atoms with E-state index in [-0.39, 0.29) is 6.04 Å². The van der Waals surface area contributed by atoms with E-state index in [1.807, 2.05) is 13.0 Å². The first-order chi connectivity index (χ1) is 8.13. The van der Waals surface area contributed by atoms with Gasteiger partial charge in [0.2, 0.25) is 11.7 Å². The summed E-state index contributed by atoms with van der Waals surface area (Å²) >= 11 is 0. The fraction of sp³-hybridized carbons (Fsp3) is 0.500. The van der Waals surface area contributed by atoms with E-state index < -0.39 is 0 Å². The molecule has 0 radical (unpaired) electrons. The monoisotopic (exact) mass is 235 g/mol. The van der Waals surface area contributed by atoms with Crippen molar-refractivity contribution in [3.8, 4) is 11.6 Å². The van der Waals surface area contributed by atoms with Crippen LogP contribution in [0.4, 0.5) is 0 Å². The molecule has 2 heterocycles. The highest BCUT2D eigenvalue weighted by molar-refractivity contribution is 5.51. The van der Waals surface area contributed by atoms with Gasteiger partial charge in [0.05, 0.1) is 12.3 Å². The van der Waals surface area contributed by atoms with Crippen molar-refractivity contribution in [2.75, 3.05) is 0 Å². The summed E-state index contributed by atoms with van der Waals surface area (Å²) in [6.07, 6.45) is 2.58. The van der Waals surface area contributed by atoms with Crippen molar-refractivity contribution in [3.63, 3.8) is 0 Å². The molecule has 92 valence electrons. The molecule has 0 aromatic carbocycles. The third-order valence-corrected chi connectivity index (χ3v) is 3.05. The lowest BCUT2D eigenvalue weighted by Crippen LogP contribution is -2.18. The molecule has 0 aliphatic heterocycles. The maximum atomic E-state index is 6.03. The molecule has 2 aromatic rings. The van der Waals surface area contributed by atoms with E-state index in [1.165, 1.54) is 0 Å². The Balaban J connectivity index is 2.25. The van der Waals surface area contributed by atoms with Crippen molar-refractivity contribution >= 4 is 0 Å². The van der Waals surface area contributed by atoms with Crippen LogP contribution in [0.25, 0.3) is 11.6 Å². The molecule has 0 saturated heterocycles. The van der Waals surface area contributed by atoms with Gasteiger partial charge in [0, 0.05) is 0 Å². The number of rotatable bonds is 4. The molecule has 17 heavy (non-hydrogen) atoms. The summed E-state index contributed by atoms with van der Waals surface area (Å²) in [6, 6.07) is 1.64. The van der Waals surface area contributed by atoms with Gasteiger partial charge in [0.25, 0.3) is 0 Å². The molecule has 2 aromatic heterocycles. The van der Waals surface area contributed by atoms with E-state index in [4.69, 9.17) is 14.7 Å². The van der Waals surface area contributed by atoms with Crippen LogP contribution in [0.3, 0.4) is 0 Å². The zero-order chi connectivity index (χ0) is 12.4. The maximum absolute atomic E-state index is 6.03. The van der Waals surface area contributed by atoms with Crippen molar-refractivity contribution < 1.29 is 8.94 Å². The molecule has 2 rings (SSSR count). The lowest BCUT2D eigenvalue weighted by Gasteiger charge is -2.12. The van der Waals surface area contributed by atoms with Gasteiger partial charge in [-0.3, -0.25) is 0 Å². The molecule has 0 bridgehead atoms. The zero-order valence-electron chi connectivity index (χ0n) is 10.3. The Labute approximate surface area is 100.0 Å². The van der Waals surface area contributed by atoms with Gasteiger partial charge in [-0.05, 0) is 24.5 Å². The summed E-state index contributed by atoms with van der Waals surface area (Å²) in [5.74, 6) is 1.86. The predicted molar refractivity (Wildman–Crippen MR) is 63.1 cm³/mol. The standard InChI is InChI=1S/C12H17N3O2/c1-4-7(2)9(13)12-14-11(15-17-12)10-8(3)5-6-16-10/h5-7,9H,4,13H2,1-3H3/t7?,9-/m0/s1. The molecule has 2 atom stereocenters. The van der Waals surface area contributed by atoms with Crippen molar-refractivity contribution in [2.45, 2.75) is 33.2 Å². The zero-order valence-corrected chi connectivity index (χ0v) is 10.3. The first-order valence-corrected chi connectivity index (χ1v) is 5.77. The Hall–Kier alpha value is -1.62. The molecule has 0 amide bonds. The number of aryl methyl sites for hydroxylation is 1. The summed E-state index contributed by atoms with van der Waals surface area (Å²) in [5.41, 5.74) is 7.01. The van der Waals surface area contributed by atoms with Crippen molar-refractivity contribution in [3.05, 3.63) is 23.8 Å². The van der Waals surface area contributed by atoms with Crippen molar-refractivity contribution in [1.82, 2.24) is 10.1 Å². The number of hydrogen-bond acceptors (Lipinski definition) is 5. The Morgan fingerprint density at radius 3 is 2.82 bits per heavy atom. The Morgan fingerprint density at radius 2 is 2.24 bits per heavy atom.